The molecule has 1 rings (SSSR count). The van der Waals surface area contributed by atoms with E-state index in [1.165, 1.54) is 11.3 Å². The molecule has 0 aliphatic rings. The van der Waals surface area contributed by atoms with Crippen LogP contribution in [-0.4, -0.2) is 13.0 Å². The molecule has 0 spiro atoms. The number of hydrogen-bond acceptors (Lipinski definition) is 2. The fourth-order valence-corrected chi connectivity index (χ4v) is 2.07. The van der Waals surface area contributed by atoms with E-state index < -0.39 is 13.0 Å². The van der Waals surface area contributed by atoms with Crippen LogP contribution in [0.1, 0.15) is 4.88 Å². The minimum absolute atomic E-state index is 0.253. The van der Waals surface area contributed by atoms with Crippen LogP contribution in [0.2, 0.25) is 0 Å². The van der Waals surface area contributed by atoms with Crippen LogP contribution in [0.5, 0.6) is 0 Å². The fraction of sp³-hybridized carbons (Fsp3) is 0.429. The molecule has 0 aliphatic carbocycles. The lowest BCUT2D eigenvalue weighted by Crippen LogP contribution is -2.03. The summed E-state index contributed by atoms with van der Waals surface area (Å²) in [5.74, 6) is 0. The summed E-state index contributed by atoms with van der Waals surface area (Å²) in [7, 11) is 0. The average molecular weight is 257 g/mol. The van der Waals surface area contributed by atoms with Gasteiger partial charge in [0.05, 0.1) is 6.61 Å². The summed E-state index contributed by atoms with van der Waals surface area (Å²) in [6, 6.07) is 1.87. The molecule has 0 aliphatic heterocycles. The number of ether oxygens (including phenoxy) is 1. The molecule has 0 radical (unpaired) electrons. The maximum absolute atomic E-state index is 11.6. The summed E-state index contributed by atoms with van der Waals surface area (Å²) in [6.45, 7) is -0.243. The van der Waals surface area contributed by atoms with Gasteiger partial charge in [0.25, 0.3) is 6.43 Å². The zero-order valence-corrected chi connectivity index (χ0v) is 8.50. The van der Waals surface area contributed by atoms with Gasteiger partial charge in [0.2, 0.25) is 0 Å². The summed E-state index contributed by atoms with van der Waals surface area (Å²) in [6.07, 6.45) is -2.39. The van der Waals surface area contributed by atoms with Crippen molar-refractivity contribution < 1.29 is 13.5 Å². The van der Waals surface area contributed by atoms with Crippen molar-refractivity contribution in [3.63, 3.8) is 0 Å². The molecule has 0 saturated heterocycles. The molecule has 1 nitrogen and oxygen atoms in total. The second-order valence-electron chi connectivity index (χ2n) is 2.10. The molecule has 1 aromatic heterocycles. The largest absolute Gasteiger partial charge is 0.370 e. The lowest BCUT2D eigenvalue weighted by atomic mass is 10.5. The smallest absolute Gasteiger partial charge is 0.261 e. The summed E-state index contributed by atoms with van der Waals surface area (Å²) >= 11 is 4.76. The number of alkyl halides is 2. The van der Waals surface area contributed by atoms with Gasteiger partial charge in [-0.25, -0.2) is 8.78 Å². The second-order valence-corrected chi connectivity index (χ2v) is 3.95. The molecule has 0 bridgehead atoms. The molecule has 0 amide bonds. The van der Waals surface area contributed by atoms with Crippen LogP contribution in [0.4, 0.5) is 8.78 Å². The lowest BCUT2D eigenvalue weighted by molar-refractivity contribution is 0.0106. The summed E-state index contributed by atoms with van der Waals surface area (Å²) < 4.78 is 28.9. The molecule has 0 saturated carbocycles. The number of rotatable bonds is 4. The van der Waals surface area contributed by atoms with Crippen molar-refractivity contribution in [1.29, 1.82) is 0 Å². The monoisotopic (exact) mass is 256 g/mol. The van der Waals surface area contributed by atoms with Crippen LogP contribution in [0.25, 0.3) is 0 Å². The van der Waals surface area contributed by atoms with Gasteiger partial charge in [-0.3, -0.25) is 0 Å². The lowest BCUT2D eigenvalue weighted by Gasteiger charge is -2.01. The minimum Gasteiger partial charge on any atom is -0.370 e. The molecule has 0 N–H and O–H groups in total. The van der Waals surface area contributed by atoms with Gasteiger partial charge in [0.1, 0.15) is 6.61 Å². The third kappa shape index (κ3) is 3.16. The summed E-state index contributed by atoms with van der Waals surface area (Å²) in [4.78, 5) is 0.940. The maximum atomic E-state index is 11.6. The molecule has 0 aromatic carbocycles. The number of halogens is 3. The SMILES string of the molecule is FC(F)COCc1sccc1Br. The normalized spacial score (nSPS) is 11.0. The topological polar surface area (TPSA) is 9.23 Å². The van der Waals surface area contributed by atoms with E-state index in [1.54, 1.807) is 0 Å². The van der Waals surface area contributed by atoms with E-state index in [4.69, 9.17) is 4.74 Å². The Bertz CT molecular complexity index is 239. The Morgan fingerprint density at radius 1 is 1.58 bits per heavy atom. The van der Waals surface area contributed by atoms with Crippen LogP contribution < -0.4 is 0 Å². The molecular weight excluding hydrogens is 250 g/mol. The van der Waals surface area contributed by atoms with Gasteiger partial charge in [-0.2, -0.15) is 0 Å². The van der Waals surface area contributed by atoms with Crippen LogP contribution in [0.3, 0.4) is 0 Å². The first kappa shape index (κ1) is 10.1. The highest BCUT2D eigenvalue weighted by Crippen LogP contribution is 2.23. The van der Waals surface area contributed by atoms with Gasteiger partial charge in [0, 0.05) is 9.35 Å². The van der Waals surface area contributed by atoms with Crippen molar-refractivity contribution in [2.45, 2.75) is 13.0 Å². The quantitative estimate of drug-likeness (QED) is 0.804. The zero-order chi connectivity index (χ0) is 8.97. The summed E-state index contributed by atoms with van der Waals surface area (Å²) in [5.41, 5.74) is 0. The molecule has 1 heterocycles. The van der Waals surface area contributed by atoms with Crippen LogP contribution in [-0.2, 0) is 11.3 Å². The van der Waals surface area contributed by atoms with Crippen molar-refractivity contribution in [2.24, 2.45) is 0 Å². The van der Waals surface area contributed by atoms with E-state index in [0.29, 0.717) is 0 Å². The van der Waals surface area contributed by atoms with Gasteiger partial charge in [-0.05, 0) is 27.4 Å². The van der Waals surface area contributed by atoms with E-state index in [-0.39, 0.29) is 6.61 Å². The van der Waals surface area contributed by atoms with Crippen LogP contribution in [0.15, 0.2) is 15.9 Å². The molecule has 1 aromatic rings. The van der Waals surface area contributed by atoms with E-state index in [1.807, 2.05) is 11.4 Å². The van der Waals surface area contributed by atoms with Gasteiger partial charge in [-0.15, -0.1) is 11.3 Å². The highest BCUT2D eigenvalue weighted by molar-refractivity contribution is 9.10. The first-order valence-corrected chi connectivity index (χ1v) is 4.95. The van der Waals surface area contributed by atoms with Crippen molar-refractivity contribution in [2.75, 3.05) is 6.61 Å². The molecule has 12 heavy (non-hydrogen) atoms. The fourth-order valence-electron chi connectivity index (χ4n) is 0.669. The van der Waals surface area contributed by atoms with Crippen molar-refractivity contribution in [3.8, 4) is 0 Å². The third-order valence-electron chi connectivity index (χ3n) is 1.17. The molecule has 0 fully saturated rings. The zero-order valence-electron chi connectivity index (χ0n) is 6.10. The van der Waals surface area contributed by atoms with Gasteiger partial charge in [0.15, 0.2) is 0 Å². The predicted molar refractivity (Wildman–Crippen MR) is 47.7 cm³/mol. The van der Waals surface area contributed by atoms with Crippen molar-refractivity contribution in [3.05, 3.63) is 20.8 Å². The predicted octanol–water partition coefficient (Wildman–Crippen LogP) is 3.29. The maximum Gasteiger partial charge on any atom is 0.261 e. The standard InChI is InChI=1S/C7H7BrF2OS/c8-5-1-2-12-6(5)3-11-4-7(9)10/h1-2,7H,3-4H2. The molecular formula is C7H7BrF2OS. The van der Waals surface area contributed by atoms with Gasteiger partial charge >= 0.3 is 0 Å². The number of thiophene rings is 1. The first-order valence-electron chi connectivity index (χ1n) is 3.28. The summed E-state index contributed by atoms with van der Waals surface area (Å²) in [5, 5.41) is 1.88. The molecule has 68 valence electrons. The van der Waals surface area contributed by atoms with E-state index in [9.17, 15) is 8.78 Å². The Morgan fingerprint density at radius 2 is 2.33 bits per heavy atom. The highest BCUT2D eigenvalue weighted by atomic mass is 79.9. The molecule has 0 unspecified atom stereocenters. The van der Waals surface area contributed by atoms with Gasteiger partial charge < -0.3 is 4.74 Å². The van der Waals surface area contributed by atoms with Crippen molar-refractivity contribution in [1.82, 2.24) is 0 Å². The Hall–Kier alpha value is -0.000000000000000111. The Balaban J connectivity index is 2.29. The number of hydrogen-bond donors (Lipinski definition) is 0. The van der Waals surface area contributed by atoms with Gasteiger partial charge in [-0.1, -0.05) is 0 Å². The third-order valence-corrected chi connectivity index (χ3v) is 3.07. The Labute approximate surface area is 81.5 Å². The highest BCUT2D eigenvalue weighted by Gasteiger charge is 2.04. The van der Waals surface area contributed by atoms with Crippen LogP contribution in [0, 0.1) is 0 Å². The van der Waals surface area contributed by atoms with E-state index in [0.717, 1.165) is 9.35 Å². The van der Waals surface area contributed by atoms with Crippen LogP contribution >= 0.6 is 27.3 Å². The minimum atomic E-state index is -2.39. The first-order chi connectivity index (χ1) is 5.70. The van der Waals surface area contributed by atoms with E-state index >= 15 is 0 Å². The van der Waals surface area contributed by atoms with E-state index in [2.05, 4.69) is 15.9 Å². The van der Waals surface area contributed by atoms with Crippen molar-refractivity contribution >= 4 is 27.3 Å². The Kier molecular flexibility index (Phi) is 4.11. The Morgan fingerprint density at radius 3 is 2.83 bits per heavy atom. The second kappa shape index (κ2) is 4.89. The average Bonchev–Trinajstić information content (AvgIpc) is 2.36. The molecule has 0 atom stereocenters. The molecule has 5 heteroatoms.